The van der Waals surface area contributed by atoms with Gasteiger partial charge in [0.05, 0.1) is 0 Å². The van der Waals surface area contributed by atoms with E-state index in [1.165, 1.54) is 25.7 Å². The van der Waals surface area contributed by atoms with Crippen molar-refractivity contribution in [3.8, 4) is 0 Å². The first-order chi connectivity index (χ1) is 12.4. The average Bonchev–Trinajstić information content (AvgIpc) is 3.23. The number of fused-ring (bicyclic) bond motifs is 2. The number of nitrogens with one attached hydrogen (secondary N) is 3. The molecule has 0 aromatic heterocycles. The number of carbonyl (C=O) groups excluding carboxylic acids is 2. The summed E-state index contributed by atoms with van der Waals surface area (Å²) in [5.41, 5.74) is 1.73. The third kappa shape index (κ3) is 4.57. The van der Waals surface area contributed by atoms with Gasteiger partial charge in [0.15, 0.2) is 0 Å². The predicted octanol–water partition coefficient (Wildman–Crippen LogP) is 3.91. The zero-order valence-electron chi connectivity index (χ0n) is 16.0. The molecule has 142 valence electrons. The molecule has 3 rings (SSSR count). The van der Waals surface area contributed by atoms with Gasteiger partial charge < -0.3 is 16.0 Å². The van der Waals surface area contributed by atoms with Crippen molar-refractivity contribution >= 4 is 17.6 Å². The maximum Gasteiger partial charge on any atom is 0.315 e. The van der Waals surface area contributed by atoms with Crippen LogP contribution in [-0.2, 0) is 11.3 Å². The minimum atomic E-state index is -0.114. The van der Waals surface area contributed by atoms with Crippen LogP contribution in [0.5, 0.6) is 0 Å². The molecule has 3 N–H and O–H groups in total. The second-order valence-corrected chi connectivity index (χ2v) is 8.30. The molecule has 0 aliphatic heterocycles. The van der Waals surface area contributed by atoms with Gasteiger partial charge in [-0.15, -0.1) is 0 Å². The van der Waals surface area contributed by atoms with Crippen molar-refractivity contribution in [3.05, 3.63) is 29.8 Å². The lowest BCUT2D eigenvalue weighted by Gasteiger charge is -2.28. The van der Waals surface area contributed by atoms with E-state index in [1.54, 1.807) is 0 Å². The zero-order valence-corrected chi connectivity index (χ0v) is 16.0. The first kappa shape index (κ1) is 18.7. The molecule has 26 heavy (non-hydrogen) atoms. The summed E-state index contributed by atoms with van der Waals surface area (Å²) >= 11 is 0. The molecule has 5 heteroatoms. The van der Waals surface area contributed by atoms with Crippen molar-refractivity contribution in [3.63, 3.8) is 0 Å². The molecule has 2 aliphatic carbocycles. The van der Waals surface area contributed by atoms with E-state index in [2.05, 4.69) is 22.9 Å². The highest BCUT2D eigenvalue weighted by Gasteiger charge is 2.42. The van der Waals surface area contributed by atoms with Crippen LogP contribution in [0.4, 0.5) is 10.5 Å². The van der Waals surface area contributed by atoms with Crippen LogP contribution in [0.15, 0.2) is 24.3 Å². The molecule has 0 saturated heterocycles. The number of anilines is 1. The summed E-state index contributed by atoms with van der Waals surface area (Å²) in [4.78, 5) is 24.0. The molecule has 2 aliphatic rings. The van der Waals surface area contributed by atoms with Crippen LogP contribution in [0.25, 0.3) is 0 Å². The van der Waals surface area contributed by atoms with Gasteiger partial charge in [0, 0.05) is 24.2 Å². The van der Waals surface area contributed by atoms with Crippen molar-refractivity contribution in [1.82, 2.24) is 10.6 Å². The molecule has 2 bridgehead atoms. The van der Waals surface area contributed by atoms with E-state index in [1.807, 2.05) is 38.1 Å². The fourth-order valence-electron chi connectivity index (χ4n) is 4.50. The van der Waals surface area contributed by atoms with Gasteiger partial charge in [0.2, 0.25) is 5.91 Å². The van der Waals surface area contributed by atoms with Gasteiger partial charge in [-0.2, -0.15) is 0 Å². The average molecular weight is 357 g/mol. The predicted molar refractivity (Wildman–Crippen MR) is 104 cm³/mol. The number of rotatable bonds is 6. The number of carbonyl (C=O) groups is 2. The van der Waals surface area contributed by atoms with Crippen molar-refractivity contribution in [2.75, 3.05) is 5.32 Å². The topological polar surface area (TPSA) is 70.2 Å². The van der Waals surface area contributed by atoms with Gasteiger partial charge in [0.1, 0.15) is 0 Å². The summed E-state index contributed by atoms with van der Waals surface area (Å²) in [6.07, 6.45) is 5.33. The minimum absolute atomic E-state index is 0.00691. The molecule has 0 unspecified atom stereocenters. The minimum Gasteiger partial charge on any atom is -0.335 e. The van der Waals surface area contributed by atoms with Crippen LogP contribution in [0, 0.1) is 23.7 Å². The molecule has 2 fully saturated rings. The van der Waals surface area contributed by atoms with E-state index in [0.29, 0.717) is 12.5 Å². The first-order valence-electron chi connectivity index (χ1n) is 9.86. The number of urea groups is 1. The second-order valence-electron chi connectivity index (χ2n) is 8.30. The molecule has 0 radical (unpaired) electrons. The molecule has 0 heterocycles. The highest BCUT2D eigenvalue weighted by atomic mass is 16.2. The third-order valence-corrected chi connectivity index (χ3v) is 5.97. The van der Waals surface area contributed by atoms with Crippen molar-refractivity contribution in [2.24, 2.45) is 23.7 Å². The summed E-state index contributed by atoms with van der Waals surface area (Å²) < 4.78 is 0. The van der Waals surface area contributed by atoms with Gasteiger partial charge in [-0.3, -0.25) is 4.79 Å². The van der Waals surface area contributed by atoms with Crippen LogP contribution in [0.3, 0.4) is 0 Å². The first-order valence-corrected chi connectivity index (χ1v) is 9.86. The van der Waals surface area contributed by atoms with Crippen LogP contribution in [-0.4, -0.2) is 18.0 Å². The molecule has 1 aromatic rings. The summed E-state index contributed by atoms with van der Waals surface area (Å²) in [7, 11) is 0. The molecular formula is C21H31N3O2. The van der Waals surface area contributed by atoms with Crippen molar-refractivity contribution in [2.45, 2.75) is 59.0 Å². The monoisotopic (exact) mass is 357 g/mol. The van der Waals surface area contributed by atoms with Gasteiger partial charge in [-0.25, -0.2) is 4.79 Å². The fraction of sp³-hybridized carbons (Fsp3) is 0.619. The zero-order chi connectivity index (χ0) is 18.7. The lowest BCUT2D eigenvalue weighted by molar-refractivity contribution is -0.118. The molecular weight excluding hydrogens is 326 g/mol. The van der Waals surface area contributed by atoms with Crippen LogP contribution in [0.1, 0.15) is 52.0 Å². The molecule has 1 aromatic carbocycles. The lowest BCUT2D eigenvalue weighted by atomic mass is 9.84. The smallest absolute Gasteiger partial charge is 0.315 e. The molecule has 5 nitrogen and oxygen atoms in total. The molecule has 4 atom stereocenters. The van der Waals surface area contributed by atoms with E-state index < -0.39 is 0 Å². The van der Waals surface area contributed by atoms with E-state index in [-0.39, 0.29) is 23.9 Å². The molecule has 2 saturated carbocycles. The number of amides is 3. The van der Waals surface area contributed by atoms with E-state index in [9.17, 15) is 9.59 Å². The Hall–Kier alpha value is -2.04. The Morgan fingerprint density at radius 3 is 2.62 bits per heavy atom. The molecule has 3 amide bonds. The summed E-state index contributed by atoms with van der Waals surface area (Å²) in [5.74, 6) is 2.26. The Kier molecular flexibility index (Phi) is 5.84. The summed E-state index contributed by atoms with van der Waals surface area (Å²) in [6.45, 7) is 6.30. The standard InChI is InChI=1S/C21H31N3O2/c1-13(2)20(25)24-18-6-4-5-16(10-18)12-22-21(26)23-14(3)19-11-15-7-8-17(19)9-15/h4-6,10,13-15,17,19H,7-9,11-12H2,1-3H3,(H,24,25)(H2,22,23,26)/t14-,15+,17+,19+/m1/s1. The van der Waals surface area contributed by atoms with Crippen LogP contribution < -0.4 is 16.0 Å². The Morgan fingerprint density at radius 1 is 1.15 bits per heavy atom. The quantitative estimate of drug-likeness (QED) is 0.722. The largest absolute Gasteiger partial charge is 0.335 e. The van der Waals surface area contributed by atoms with Crippen molar-refractivity contribution in [1.29, 1.82) is 0 Å². The van der Waals surface area contributed by atoms with Crippen molar-refractivity contribution < 1.29 is 9.59 Å². The van der Waals surface area contributed by atoms with Gasteiger partial charge in [0.25, 0.3) is 0 Å². The maximum absolute atomic E-state index is 12.2. The normalized spacial score (nSPS) is 25.2. The number of benzene rings is 1. The number of hydrogen-bond donors (Lipinski definition) is 3. The second kappa shape index (κ2) is 8.11. The highest BCUT2D eigenvalue weighted by Crippen LogP contribution is 2.49. The number of hydrogen-bond acceptors (Lipinski definition) is 2. The van der Waals surface area contributed by atoms with Gasteiger partial charge in [-0.05, 0) is 61.6 Å². The Balaban J connectivity index is 1.46. The van der Waals surface area contributed by atoms with E-state index in [4.69, 9.17) is 0 Å². The Labute approximate surface area is 156 Å². The van der Waals surface area contributed by atoms with E-state index >= 15 is 0 Å². The Bertz CT molecular complexity index is 658. The maximum atomic E-state index is 12.2. The van der Waals surface area contributed by atoms with E-state index in [0.717, 1.165) is 23.1 Å². The third-order valence-electron chi connectivity index (χ3n) is 5.97. The fourth-order valence-corrected chi connectivity index (χ4v) is 4.50. The van der Waals surface area contributed by atoms with Gasteiger partial charge >= 0.3 is 6.03 Å². The Morgan fingerprint density at radius 2 is 1.96 bits per heavy atom. The lowest BCUT2D eigenvalue weighted by Crippen LogP contribution is -2.45. The SMILES string of the molecule is CC(C)C(=O)Nc1cccc(CNC(=O)N[C@H](C)[C@@H]2C[C@H]3CC[C@H]2C3)c1. The van der Waals surface area contributed by atoms with Crippen LogP contribution in [0.2, 0.25) is 0 Å². The molecule has 0 spiro atoms. The highest BCUT2D eigenvalue weighted by molar-refractivity contribution is 5.92. The summed E-state index contributed by atoms with van der Waals surface area (Å²) in [6, 6.07) is 7.72. The van der Waals surface area contributed by atoms with Crippen LogP contribution >= 0.6 is 0 Å². The summed E-state index contributed by atoms with van der Waals surface area (Å²) in [5, 5.41) is 8.94. The van der Waals surface area contributed by atoms with Gasteiger partial charge in [-0.1, -0.05) is 32.4 Å².